The smallest absolute Gasteiger partial charge is 0.344 e. The summed E-state index contributed by atoms with van der Waals surface area (Å²) >= 11 is 0. The van der Waals surface area contributed by atoms with Crippen molar-refractivity contribution in [2.45, 2.75) is 63.5 Å². The van der Waals surface area contributed by atoms with Gasteiger partial charge in [0.1, 0.15) is 0 Å². The van der Waals surface area contributed by atoms with Crippen molar-refractivity contribution in [2.75, 3.05) is 13.2 Å². The lowest BCUT2D eigenvalue weighted by Gasteiger charge is -2.49. The van der Waals surface area contributed by atoms with Gasteiger partial charge in [0.2, 0.25) is 0 Å². The van der Waals surface area contributed by atoms with Crippen molar-refractivity contribution in [2.24, 2.45) is 0 Å². The Morgan fingerprint density at radius 2 is 1.27 bits per heavy atom. The van der Waals surface area contributed by atoms with Crippen LogP contribution < -0.4 is 0 Å². The Kier molecular flexibility index (Phi) is 3.86. The molecule has 88 valence electrons. The maximum absolute atomic E-state index is 6.19. The zero-order valence-electron chi connectivity index (χ0n) is 10.1. The maximum Gasteiger partial charge on any atom is 0.344 e. The predicted octanol–water partition coefficient (Wildman–Crippen LogP) is 3.61. The molecule has 2 rings (SSSR count). The third-order valence-corrected chi connectivity index (χ3v) is 9.00. The zero-order valence-corrected chi connectivity index (χ0v) is 11.1. The lowest BCUT2D eigenvalue weighted by Crippen LogP contribution is -2.55. The first-order valence-corrected chi connectivity index (χ1v) is 8.58. The molecule has 0 spiro atoms. The van der Waals surface area contributed by atoms with E-state index in [0.29, 0.717) is 0 Å². The first-order valence-electron chi connectivity index (χ1n) is 6.61. The normalized spacial score (nSPS) is 23.6. The van der Waals surface area contributed by atoms with Crippen molar-refractivity contribution < 1.29 is 8.85 Å². The zero-order chi connectivity index (χ0) is 10.7. The molecular formula is C12H24O2Si. The maximum atomic E-state index is 6.19. The van der Waals surface area contributed by atoms with E-state index in [1.807, 2.05) is 0 Å². The summed E-state index contributed by atoms with van der Waals surface area (Å²) in [5.41, 5.74) is 1.62. The minimum atomic E-state index is -1.83. The van der Waals surface area contributed by atoms with Crippen LogP contribution in [0.2, 0.25) is 11.1 Å². The van der Waals surface area contributed by atoms with E-state index in [9.17, 15) is 0 Å². The van der Waals surface area contributed by atoms with E-state index >= 15 is 0 Å². The van der Waals surface area contributed by atoms with Gasteiger partial charge in [0.25, 0.3) is 0 Å². The minimum absolute atomic E-state index is 0.808. The van der Waals surface area contributed by atoms with Crippen LogP contribution in [0.25, 0.3) is 0 Å². The van der Waals surface area contributed by atoms with Crippen LogP contribution in [-0.4, -0.2) is 21.8 Å². The highest BCUT2D eigenvalue weighted by atomic mass is 28.4. The van der Waals surface area contributed by atoms with E-state index in [1.54, 1.807) is 0 Å². The monoisotopic (exact) mass is 228 g/mol. The average molecular weight is 228 g/mol. The standard InChI is InChI=1S/C12H24O2Si/c1-3-13-15(14-4-2,11-7-5-8-11)12-9-6-10-12/h11-12H,3-10H2,1-2H3. The molecule has 0 bridgehead atoms. The van der Waals surface area contributed by atoms with Gasteiger partial charge in [0, 0.05) is 24.3 Å². The Morgan fingerprint density at radius 3 is 1.47 bits per heavy atom. The highest BCUT2D eigenvalue weighted by Crippen LogP contribution is 2.53. The number of rotatable bonds is 6. The van der Waals surface area contributed by atoms with E-state index in [2.05, 4.69) is 13.8 Å². The van der Waals surface area contributed by atoms with Crippen LogP contribution in [-0.2, 0) is 8.85 Å². The second-order valence-electron chi connectivity index (χ2n) is 4.84. The summed E-state index contributed by atoms with van der Waals surface area (Å²) in [6.45, 7) is 5.94. The van der Waals surface area contributed by atoms with Gasteiger partial charge >= 0.3 is 8.56 Å². The lowest BCUT2D eigenvalue weighted by atomic mass is 9.98. The SMILES string of the molecule is CCO[Si](OCC)(C1CCC1)C1CCC1. The highest BCUT2D eigenvalue weighted by Gasteiger charge is 2.55. The summed E-state index contributed by atoms with van der Waals surface area (Å²) in [5.74, 6) is 0. The Hall–Kier alpha value is 0.137. The molecule has 0 aromatic heterocycles. The van der Waals surface area contributed by atoms with Crippen LogP contribution in [0.5, 0.6) is 0 Å². The Bertz CT molecular complexity index is 178. The predicted molar refractivity (Wildman–Crippen MR) is 64.2 cm³/mol. The summed E-state index contributed by atoms with van der Waals surface area (Å²) in [4.78, 5) is 0. The number of hydrogen-bond donors (Lipinski definition) is 0. The summed E-state index contributed by atoms with van der Waals surface area (Å²) in [6, 6.07) is 0. The molecule has 0 N–H and O–H groups in total. The fourth-order valence-electron chi connectivity index (χ4n) is 2.92. The van der Waals surface area contributed by atoms with E-state index < -0.39 is 8.56 Å². The molecule has 2 fully saturated rings. The molecule has 2 nitrogen and oxygen atoms in total. The quantitative estimate of drug-likeness (QED) is 0.647. The molecule has 0 aliphatic heterocycles. The largest absolute Gasteiger partial charge is 0.394 e. The van der Waals surface area contributed by atoms with Crippen LogP contribution in [0.15, 0.2) is 0 Å². The fraction of sp³-hybridized carbons (Fsp3) is 1.00. The lowest BCUT2D eigenvalue weighted by molar-refractivity contribution is 0.134. The van der Waals surface area contributed by atoms with Gasteiger partial charge in [0.05, 0.1) is 0 Å². The van der Waals surface area contributed by atoms with Crippen molar-refractivity contribution >= 4 is 8.56 Å². The molecule has 0 unspecified atom stereocenters. The van der Waals surface area contributed by atoms with Crippen molar-refractivity contribution in [1.82, 2.24) is 0 Å². The Balaban J connectivity index is 2.07. The summed E-state index contributed by atoms with van der Waals surface area (Å²) < 4.78 is 12.4. The molecule has 0 radical (unpaired) electrons. The van der Waals surface area contributed by atoms with Crippen molar-refractivity contribution in [3.63, 3.8) is 0 Å². The molecule has 0 aromatic rings. The summed E-state index contributed by atoms with van der Waals surface area (Å²) in [5, 5.41) is 0. The fourth-order valence-corrected chi connectivity index (χ4v) is 7.94. The van der Waals surface area contributed by atoms with Gasteiger partial charge in [-0.1, -0.05) is 12.8 Å². The van der Waals surface area contributed by atoms with Crippen molar-refractivity contribution in [3.05, 3.63) is 0 Å². The third-order valence-electron chi connectivity index (χ3n) is 4.09. The van der Waals surface area contributed by atoms with Gasteiger partial charge in [-0.05, 0) is 39.5 Å². The van der Waals surface area contributed by atoms with Crippen molar-refractivity contribution in [3.8, 4) is 0 Å². The summed E-state index contributed by atoms with van der Waals surface area (Å²) in [7, 11) is -1.83. The second kappa shape index (κ2) is 4.98. The van der Waals surface area contributed by atoms with Gasteiger partial charge in [-0.3, -0.25) is 0 Å². The molecule has 15 heavy (non-hydrogen) atoms. The first-order chi connectivity index (χ1) is 7.33. The van der Waals surface area contributed by atoms with E-state index in [-0.39, 0.29) is 0 Å². The first kappa shape index (κ1) is 11.6. The van der Waals surface area contributed by atoms with Crippen LogP contribution in [0.4, 0.5) is 0 Å². The van der Waals surface area contributed by atoms with Gasteiger partial charge in [-0.25, -0.2) is 0 Å². The third kappa shape index (κ3) is 2.02. The van der Waals surface area contributed by atoms with Crippen LogP contribution >= 0.6 is 0 Å². The molecule has 0 atom stereocenters. The molecule has 3 heteroatoms. The molecule has 2 saturated carbocycles. The minimum Gasteiger partial charge on any atom is -0.394 e. The molecule has 0 amide bonds. The molecule has 2 aliphatic rings. The van der Waals surface area contributed by atoms with Gasteiger partial charge in [-0.2, -0.15) is 0 Å². The van der Waals surface area contributed by atoms with Crippen molar-refractivity contribution in [1.29, 1.82) is 0 Å². The number of hydrogen-bond acceptors (Lipinski definition) is 2. The van der Waals surface area contributed by atoms with Gasteiger partial charge in [0.15, 0.2) is 0 Å². The average Bonchev–Trinajstić information content (AvgIpc) is 1.97. The van der Waals surface area contributed by atoms with E-state index in [0.717, 1.165) is 24.3 Å². The van der Waals surface area contributed by atoms with E-state index in [1.165, 1.54) is 38.5 Å². The second-order valence-corrected chi connectivity index (χ2v) is 8.50. The van der Waals surface area contributed by atoms with Gasteiger partial charge in [-0.15, -0.1) is 0 Å². The Labute approximate surface area is 94.6 Å². The van der Waals surface area contributed by atoms with Crippen LogP contribution in [0, 0.1) is 0 Å². The van der Waals surface area contributed by atoms with Gasteiger partial charge < -0.3 is 8.85 Å². The van der Waals surface area contributed by atoms with E-state index in [4.69, 9.17) is 8.85 Å². The van der Waals surface area contributed by atoms with Crippen LogP contribution in [0.1, 0.15) is 52.4 Å². The molecule has 0 aromatic carbocycles. The topological polar surface area (TPSA) is 18.5 Å². The highest BCUT2D eigenvalue weighted by molar-refractivity contribution is 6.71. The molecule has 2 aliphatic carbocycles. The van der Waals surface area contributed by atoms with Crippen LogP contribution in [0.3, 0.4) is 0 Å². The molecule has 0 saturated heterocycles. The summed E-state index contributed by atoms with van der Waals surface area (Å²) in [6.07, 6.45) is 8.25. The molecule has 0 heterocycles. The Morgan fingerprint density at radius 1 is 0.867 bits per heavy atom. The molecular weight excluding hydrogens is 204 g/mol.